The molecule has 0 aliphatic carbocycles. The molecule has 0 spiro atoms. The van der Waals surface area contributed by atoms with E-state index in [1.165, 1.54) is 0 Å². The first-order valence-corrected chi connectivity index (χ1v) is 12.3. The Morgan fingerprint density at radius 1 is 1.03 bits per heavy atom. The highest BCUT2D eigenvalue weighted by atomic mass is 16.6. The number of carbonyl (C=O) groups is 3. The van der Waals surface area contributed by atoms with Crippen molar-refractivity contribution in [1.29, 1.82) is 5.26 Å². The number of rotatable bonds is 11. The van der Waals surface area contributed by atoms with Gasteiger partial charge in [-0.15, -0.1) is 0 Å². The van der Waals surface area contributed by atoms with E-state index < -0.39 is 29.1 Å². The highest BCUT2D eigenvalue weighted by molar-refractivity contribution is 5.95. The van der Waals surface area contributed by atoms with E-state index in [-0.39, 0.29) is 30.2 Å². The molecule has 1 fully saturated rings. The molecule has 1 aliphatic rings. The zero-order valence-corrected chi connectivity index (χ0v) is 21.9. The van der Waals surface area contributed by atoms with Crippen molar-refractivity contribution in [1.82, 2.24) is 4.90 Å². The monoisotopic (exact) mass is 464 g/mol. The van der Waals surface area contributed by atoms with E-state index in [2.05, 4.69) is 19.9 Å². The van der Waals surface area contributed by atoms with Crippen LogP contribution in [0, 0.1) is 29.1 Å². The molecule has 7 heteroatoms. The normalized spacial score (nSPS) is 19.2. The van der Waals surface area contributed by atoms with Gasteiger partial charge in [0.1, 0.15) is 11.2 Å². The molecule has 0 aromatic rings. The second-order valence-electron chi connectivity index (χ2n) is 11.6. The Hall–Kier alpha value is -2.10. The zero-order chi connectivity index (χ0) is 25.4. The lowest BCUT2D eigenvalue weighted by molar-refractivity contribution is -0.175. The van der Waals surface area contributed by atoms with E-state index in [0.717, 1.165) is 25.7 Å². The largest absolute Gasteiger partial charge is 0.459 e. The molecule has 0 aromatic heterocycles. The third-order valence-electron chi connectivity index (χ3n) is 5.42. The fraction of sp³-hybridized carbons (Fsp3) is 0.846. The van der Waals surface area contributed by atoms with Crippen molar-refractivity contribution in [2.24, 2.45) is 17.8 Å². The third kappa shape index (κ3) is 10.6. The summed E-state index contributed by atoms with van der Waals surface area (Å²) in [7, 11) is 0. The average Bonchev–Trinajstić information content (AvgIpc) is 2.91. The van der Waals surface area contributed by atoms with Crippen LogP contribution in [0.4, 0.5) is 0 Å². The van der Waals surface area contributed by atoms with Crippen molar-refractivity contribution in [2.45, 2.75) is 118 Å². The van der Waals surface area contributed by atoms with Crippen LogP contribution in [-0.4, -0.2) is 46.5 Å². The number of hydrogen-bond donors (Lipinski definition) is 0. The van der Waals surface area contributed by atoms with Crippen LogP contribution in [0.1, 0.15) is 100 Å². The number of carbonyl (C=O) groups excluding carboxylic acids is 3. The Bertz CT molecular complexity index is 684. The van der Waals surface area contributed by atoms with Crippen LogP contribution in [0.2, 0.25) is 0 Å². The van der Waals surface area contributed by atoms with Gasteiger partial charge in [-0.1, -0.05) is 26.7 Å². The summed E-state index contributed by atoms with van der Waals surface area (Å²) in [6, 6.07) is 1.94. The molecule has 0 N–H and O–H groups in total. The van der Waals surface area contributed by atoms with Gasteiger partial charge < -0.3 is 14.4 Å². The minimum Gasteiger partial charge on any atom is -0.459 e. The lowest BCUT2D eigenvalue weighted by Gasteiger charge is -2.31. The van der Waals surface area contributed by atoms with E-state index in [1.54, 1.807) is 41.5 Å². The molecule has 0 aromatic carbocycles. The predicted octanol–water partition coefficient (Wildman–Crippen LogP) is 5.02. The van der Waals surface area contributed by atoms with Crippen molar-refractivity contribution in [3.05, 3.63) is 0 Å². The van der Waals surface area contributed by atoms with Crippen molar-refractivity contribution in [3.8, 4) is 6.07 Å². The minimum absolute atomic E-state index is 0.0983. The number of unbranched alkanes of at least 4 members (excludes halogenated alkanes) is 3. The lowest BCUT2D eigenvalue weighted by atomic mass is 9.92. The highest BCUT2D eigenvalue weighted by Gasteiger charge is 2.44. The average molecular weight is 465 g/mol. The molecule has 188 valence electrons. The number of nitrogens with zero attached hydrogens (tertiary/aromatic N) is 2. The van der Waals surface area contributed by atoms with Crippen LogP contribution in [0.3, 0.4) is 0 Å². The molecule has 0 unspecified atom stereocenters. The van der Waals surface area contributed by atoms with E-state index >= 15 is 0 Å². The highest BCUT2D eigenvalue weighted by Crippen LogP contribution is 2.34. The topological polar surface area (TPSA) is 96.7 Å². The number of likely N-dealkylation sites (tertiary alicyclic amines) is 1. The van der Waals surface area contributed by atoms with Gasteiger partial charge in [-0.3, -0.25) is 14.4 Å². The molecule has 0 radical (unpaired) electrons. The standard InChI is InChI=1S/C26H44N2O5/c1-18(2)17-28-20(15-19(22(28)29)13-11-9-10-12-14-27)16-21(23(30)32-25(3,4)5)24(31)33-26(6,7)8/h18-21H,9-13,15-17H2,1-8H3/t19-,20+/m1/s1. The summed E-state index contributed by atoms with van der Waals surface area (Å²) in [4.78, 5) is 41.0. The summed E-state index contributed by atoms with van der Waals surface area (Å²) >= 11 is 0. The predicted molar refractivity (Wildman–Crippen MR) is 127 cm³/mol. The van der Waals surface area contributed by atoms with Crippen LogP contribution in [0.25, 0.3) is 0 Å². The SMILES string of the molecule is CC(C)CN1C(=O)[C@H](CCCCCC#N)C[C@H]1CC(C(=O)OC(C)(C)C)C(=O)OC(C)(C)C. The lowest BCUT2D eigenvalue weighted by Crippen LogP contribution is -2.42. The van der Waals surface area contributed by atoms with Crippen LogP contribution in [0.15, 0.2) is 0 Å². The van der Waals surface area contributed by atoms with Crippen molar-refractivity contribution in [2.75, 3.05) is 6.54 Å². The van der Waals surface area contributed by atoms with Gasteiger partial charge in [0, 0.05) is 24.9 Å². The molecule has 2 atom stereocenters. The summed E-state index contributed by atoms with van der Waals surface area (Å²) in [5.74, 6) is -2.03. The summed E-state index contributed by atoms with van der Waals surface area (Å²) in [5.41, 5.74) is -1.46. The van der Waals surface area contributed by atoms with Gasteiger partial charge in [-0.2, -0.15) is 5.26 Å². The van der Waals surface area contributed by atoms with E-state index in [0.29, 0.717) is 19.4 Å². The molecule has 1 heterocycles. The quantitative estimate of drug-likeness (QED) is 0.242. The van der Waals surface area contributed by atoms with E-state index in [4.69, 9.17) is 14.7 Å². The Kier molecular flexibility index (Phi) is 10.9. The molecule has 1 amide bonds. The van der Waals surface area contributed by atoms with Gasteiger partial charge in [0.25, 0.3) is 0 Å². The first-order valence-electron chi connectivity index (χ1n) is 12.3. The van der Waals surface area contributed by atoms with Crippen molar-refractivity contribution < 1.29 is 23.9 Å². The maximum absolute atomic E-state index is 13.2. The van der Waals surface area contributed by atoms with Crippen LogP contribution in [0.5, 0.6) is 0 Å². The maximum atomic E-state index is 13.2. The molecule has 7 nitrogen and oxygen atoms in total. The van der Waals surface area contributed by atoms with Crippen molar-refractivity contribution >= 4 is 17.8 Å². The summed E-state index contributed by atoms with van der Waals surface area (Å²) < 4.78 is 11.1. The first kappa shape index (κ1) is 28.9. The maximum Gasteiger partial charge on any atom is 0.320 e. The Balaban J connectivity index is 3.04. The molecular formula is C26H44N2O5. The fourth-order valence-electron chi connectivity index (χ4n) is 4.15. The first-order chi connectivity index (χ1) is 15.1. The van der Waals surface area contributed by atoms with Crippen LogP contribution >= 0.6 is 0 Å². The second-order valence-corrected chi connectivity index (χ2v) is 11.6. The fourth-order valence-corrected chi connectivity index (χ4v) is 4.15. The van der Waals surface area contributed by atoms with Gasteiger partial charge >= 0.3 is 11.9 Å². The number of amides is 1. The van der Waals surface area contributed by atoms with Gasteiger partial charge in [0.2, 0.25) is 5.91 Å². The van der Waals surface area contributed by atoms with Crippen LogP contribution < -0.4 is 0 Å². The Morgan fingerprint density at radius 2 is 1.58 bits per heavy atom. The number of nitriles is 1. The number of hydrogen-bond acceptors (Lipinski definition) is 6. The van der Waals surface area contributed by atoms with Gasteiger partial charge in [0.05, 0.1) is 6.07 Å². The van der Waals surface area contributed by atoms with Gasteiger partial charge in [-0.25, -0.2) is 0 Å². The summed E-state index contributed by atoms with van der Waals surface area (Å²) in [5, 5.41) is 8.70. The van der Waals surface area contributed by atoms with E-state index in [1.807, 2.05) is 4.90 Å². The van der Waals surface area contributed by atoms with Crippen LogP contribution in [-0.2, 0) is 23.9 Å². The van der Waals surface area contributed by atoms with Gasteiger partial charge in [-0.05, 0) is 73.1 Å². The molecule has 0 bridgehead atoms. The van der Waals surface area contributed by atoms with Crippen molar-refractivity contribution in [3.63, 3.8) is 0 Å². The molecule has 1 aliphatic heterocycles. The summed E-state index contributed by atoms with van der Waals surface area (Å²) in [6.45, 7) is 15.3. The Morgan fingerprint density at radius 3 is 2.03 bits per heavy atom. The molecule has 1 saturated heterocycles. The number of esters is 2. The number of ether oxygens (including phenoxy) is 2. The second kappa shape index (κ2) is 12.4. The van der Waals surface area contributed by atoms with Gasteiger partial charge in [0.15, 0.2) is 5.92 Å². The zero-order valence-electron chi connectivity index (χ0n) is 21.9. The van der Waals surface area contributed by atoms with E-state index in [9.17, 15) is 14.4 Å². The smallest absolute Gasteiger partial charge is 0.320 e. The third-order valence-corrected chi connectivity index (χ3v) is 5.42. The molecule has 1 rings (SSSR count). The molecule has 0 saturated carbocycles. The minimum atomic E-state index is -1.08. The summed E-state index contributed by atoms with van der Waals surface area (Å²) in [6.07, 6.45) is 4.77. The molecular weight excluding hydrogens is 420 g/mol. The molecule has 33 heavy (non-hydrogen) atoms. The Labute approximate surface area is 200 Å².